The summed E-state index contributed by atoms with van der Waals surface area (Å²) in [6.45, 7) is 0.689. The molecular weight excluding hydrogens is 264 g/mol. The summed E-state index contributed by atoms with van der Waals surface area (Å²) in [6, 6.07) is 1.59. The van der Waals surface area contributed by atoms with Crippen molar-refractivity contribution in [3.63, 3.8) is 0 Å². The second-order valence-electron chi connectivity index (χ2n) is 3.73. The fourth-order valence-electron chi connectivity index (χ4n) is 1.37. The van der Waals surface area contributed by atoms with Gasteiger partial charge < -0.3 is 9.30 Å². The van der Waals surface area contributed by atoms with Crippen molar-refractivity contribution in [2.45, 2.75) is 10.8 Å². The molecule has 0 aromatic carbocycles. The fraction of sp³-hybridized carbons (Fsp3) is 0.600. The third-order valence-corrected chi connectivity index (χ3v) is 4.63. The number of aromatic nitrogens is 1. The summed E-state index contributed by atoms with van der Waals surface area (Å²) in [5, 5.41) is 0. The number of sulfonamides is 1. The molecule has 0 atom stereocenters. The van der Waals surface area contributed by atoms with Crippen molar-refractivity contribution in [2.75, 3.05) is 27.3 Å². The van der Waals surface area contributed by atoms with Crippen molar-refractivity contribution in [2.24, 2.45) is 7.05 Å². The normalized spacial score (nSPS) is 12.3. The van der Waals surface area contributed by atoms with Crippen LogP contribution in [0.2, 0.25) is 0 Å². The molecular formula is C10H17ClN2O3S. The van der Waals surface area contributed by atoms with Gasteiger partial charge in [0.05, 0.1) is 12.5 Å². The van der Waals surface area contributed by atoms with Crippen LogP contribution in [0.15, 0.2) is 17.2 Å². The van der Waals surface area contributed by atoms with Crippen molar-refractivity contribution in [3.05, 3.63) is 18.0 Å². The van der Waals surface area contributed by atoms with Crippen molar-refractivity contribution < 1.29 is 13.2 Å². The van der Waals surface area contributed by atoms with Gasteiger partial charge in [0.25, 0.3) is 0 Å². The third kappa shape index (κ3) is 3.22. The number of aryl methyl sites for hydroxylation is 1. The van der Waals surface area contributed by atoms with Gasteiger partial charge in [-0.05, 0) is 6.07 Å². The van der Waals surface area contributed by atoms with Crippen molar-refractivity contribution in [1.82, 2.24) is 8.87 Å². The van der Waals surface area contributed by atoms with Gasteiger partial charge in [-0.3, -0.25) is 0 Å². The predicted octanol–water partition coefficient (Wildman–Crippen LogP) is 1.03. The smallest absolute Gasteiger partial charge is 0.244 e. The Balaban J connectivity index is 2.96. The zero-order chi connectivity index (χ0) is 13.1. The number of rotatable bonds is 6. The van der Waals surface area contributed by atoms with Crippen LogP contribution in [0.5, 0.6) is 0 Å². The van der Waals surface area contributed by atoms with Gasteiger partial charge >= 0.3 is 0 Å². The maximum absolute atomic E-state index is 12.1. The molecule has 98 valence electrons. The molecule has 0 bridgehead atoms. The summed E-state index contributed by atoms with van der Waals surface area (Å²) >= 11 is 5.71. The number of hydrogen-bond donors (Lipinski definition) is 0. The highest BCUT2D eigenvalue weighted by molar-refractivity contribution is 7.89. The molecule has 1 aromatic rings. The topological polar surface area (TPSA) is 51.5 Å². The second kappa shape index (κ2) is 5.86. The van der Waals surface area contributed by atoms with Gasteiger partial charge in [0, 0.05) is 39.6 Å². The minimum absolute atomic E-state index is 0.259. The Morgan fingerprint density at radius 3 is 2.65 bits per heavy atom. The first-order valence-corrected chi connectivity index (χ1v) is 7.07. The molecule has 0 radical (unpaired) electrons. The van der Waals surface area contributed by atoms with Crippen LogP contribution >= 0.6 is 11.6 Å². The van der Waals surface area contributed by atoms with Crippen LogP contribution in [-0.4, -0.2) is 44.6 Å². The molecule has 1 rings (SSSR count). The molecule has 0 spiro atoms. The molecule has 1 heterocycles. The number of hydrogen-bond acceptors (Lipinski definition) is 3. The van der Waals surface area contributed by atoms with Gasteiger partial charge in [-0.1, -0.05) is 0 Å². The Kier molecular flexibility index (Phi) is 5.00. The van der Waals surface area contributed by atoms with E-state index < -0.39 is 10.0 Å². The van der Waals surface area contributed by atoms with Gasteiger partial charge in [-0.25, -0.2) is 8.42 Å². The summed E-state index contributed by atoms with van der Waals surface area (Å²) in [4.78, 5) is 0.259. The molecule has 0 N–H and O–H groups in total. The van der Waals surface area contributed by atoms with E-state index in [1.54, 1.807) is 23.9 Å². The molecule has 5 nitrogen and oxygen atoms in total. The zero-order valence-corrected chi connectivity index (χ0v) is 11.8. The summed E-state index contributed by atoms with van der Waals surface area (Å²) in [5.74, 6) is 0.286. The molecule has 17 heavy (non-hydrogen) atoms. The van der Waals surface area contributed by atoms with E-state index in [-0.39, 0.29) is 10.8 Å². The van der Waals surface area contributed by atoms with E-state index in [4.69, 9.17) is 16.3 Å². The average Bonchev–Trinajstić information content (AvgIpc) is 2.67. The van der Waals surface area contributed by atoms with Gasteiger partial charge in [-0.2, -0.15) is 4.31 Å². The lowest BCUT2D eigenvalue weighted by Crippen LogP contribution is -2.29. The average molecular weight is 281 g/mol. The first-order chi connectivity index (χ1) is 7.93. The second-order valence-corrected chi connectivity index (χ2v) is 6.04. The number of halogens is 1. The van der Waals surface area contributed by atoms with E-state index in [9.17, 15) is 8.42 Å². The Morgan fingerprint density at radius 2 is 2.18 bits per heavy atom. The third-order valence-electron chi connectivity index (χ3n) is 2.54. The molecule has 0 saturated heterocycles. The fourth-order valence-corrected chi connectivity index (χ4v) is 2.89. The lowest BCUT2D eigenvalue weighted by molar-refractivity contribution is 0.185. The SMILES string of the molecule is COCCN(C)S(=O)(=O)c1cc(CCl)n(C)c1. The number of nitrogens with zero attached hydrogens (tertiary/aromatic N) is 2. The van der Waals surface area contributed by atoms with E-state index in [1.807, 2.05) is 0 Å². The molecule has 1 aromatic heterocycles. The Labute approximate surface area is 107 Å². The molecule has 0 aliphatic carbocycles. The Morgan fingerprint density at radius 1 is 1.53 bits per heavy atom. The highest BCUT2D eigenvalue weighted by atomic mass is 35.5. The van der Waals surface area contributed by atoms with Crippen molar-refractivity contribution >= 4 is 21.6 Å². The van der Waals surface area contributed by atoms with E-state index in [0.717, 1.165) is 5.69 Å². The summed E-state index contributed by atoms with van der Waals surface area (Å²) < 4.78 is 32.1. The van der Waals surface area contributed by atoms with Gasteiger partial charge in [0.1, 0.15) is 4.90 Å². The molecule has 0 unspecified atom stereocenters. The number of likely N-dealkylation sites (N-methyl/N-ethyl adjacent to an activating group) is 1. The standard InChI is InChI=1S/C10H17ClN2O3S/c1-12-8-10(6-9(12)7-11)17(14,15)13(2)4-5-16-3/h6,8H,4-5,7H2,1-3H3. The van der Waals surface area contributed by atoms with Crippen LogP contribution in [0.1, 0.15) is 5.69 Å². The van der Waals surface area contributed by atoms with Gasteiger partial charge in [0.2, 0.25) is 10.0 Å². The van der Waals surface area contributed by atoms with Gasteiger partial charge in [0.15, 0.2) is 0 Å². The number of ether oxygens (including phenoxy) is 1. The largest absolute Gasteiger partial charge is 0.383 e. The minimum Gasteiger partial charge on any atom is -0.383 e. The molecule has 0 saturated carbocycles. The van der Waals surface area contributed by atoms with E-state index in [2.05, 4.69) is 0 Å². The summed E-state index contributed by atoms with van der Waals surface area (Å²) in [5.41, 5.74) is 0.769. The number of alkyl halides is 1. The molecule has 0 fully saturated rings. The quantitative estimate of drug-likeness (QED) is 0.732. The van der Waals surface area contributed by atoms with Crippen LogP contribution < -0.4 is 0 Å². The van der Waals surface area contributed by atoms with Crippen molar-refractivity contribution in [3.8, 4) is 0 Å². The van der Waals surface area contributed by atoms with Crippen LogP contribution in [0.4, 0.5) is 0 Å². The molecule has 7 heteroatoms. The van der Waals surface area contributed by atoms with Crippen LogP contribution in [0, 0.1) is 0 Å². The van der Waals surface area contributed by atoms with Crippen LogP contribution in [0.25, 0.3) is 0 Å². The molecule has 0 aliphatic rings. The lowest BCUT2D eigenvalue weighted by Gasteiger charge is -2.15. The van der Waals surface area contributed by atoms with Gasteiger partial charge in [-0.15, -0.1) is 11.6 Å². The molecule has 0 aliphatic heterocycles. The monoisotopic (exact) mass is 280 g/mol. The molecule has 0 amide bonds. The van der Waals surface area contributed by atoms with E-state index >= 15 is 0 Å². The Hall–Kier alpha value is -0.560. The predicted molar refractivity (Wildman–Crippen MR) is 66.7 cm³/mol. The highest BCUT2D eigenvalue weighted by Gasteiger charge is 2.22. The van der Waals surface area contributed by atoms with E-state index in [1.165, 1.54) is 18.5 Å². The zero-order valence-electron chi connectivity index (χ0n) is 10.2. The van der Waals surface area contributed by atoms with Crippen molar-refractivity contribution in [1.29, 1.82) is 0 Å². The van der Waals surface area contributed by atoms with E-state index in [0.29, 0.717) is 13.2 Å². The summed E-state index contributed by atoms with van der Waals surface area (Å²) in [6.07, 6.45) is 1.57. The minimum atomic E-state index is -3.45. The first-order valence-electron chi connectivity index (χ1n) is 5.10. The maximum atomic E-state index is 12.1. The lowest BCUT2D eigenvalue weighted by atomic mass is 10.5. The summed E-state index contributed by atoms with van der Waals surface area (Å²) in [7, 11) is 1.39. The maximum Gasteiger partial charge on any atom is 0.244 e. The first kappa shape index (κ1) is 14.5. The Bertz CT molecular complexity index is 470. The highest BCUT2D eigenvalue weighted by Crippen LogP contribution is 2.18. The number of methoxy groups -OCH3 is 1. The van der Waals surface area contributed by atoms with Crippen LogP contribution in [-0.2, 0) is 27.7 Å². The van der Waals surface area contributed by atoms with Crippen LogP contribution in [0.3, 0.4) is 0 Å².